The van der Waals surface area contributed by atoms with Gasteiger partial charge in [-0.15, -0.1) is 0 Å². The molecule has 1 fully saturated rings. The van der Waals surface area contributed by atoms with Crippen LogP contribution in [0.5, 0.6) is 0 Å². The molecular formula is C16H39N. The number of likely N-dealkylation sites (tertiary alicyclic amines) is 1. The second-order valence-electron chi connectivity index (χ2n) is 4.37. The van der Waals surface area contributed by atoms with E-state index in [1.165, 1.54) is 32.4 Å². The molecule has 1 aliphatic heterocycles. The van der Waals surface area contributed by atoms with Gasteiger partial charge in [0.25, 0.3) is 0 Å². The number of hydrogen-bond acceptors (Lipinski definition) is 1. The quantitative estimate of drug-likeness (QED) is 0.625. The van der Waals surface area contributed by atoms with Gasteiger partial charge in [-0.05, 0) is 18.9 Å². The monoisotopic (exact) mass is 245 g/mol. The third-order valence-electron chi connectivity index (χ3n) is 2.97. The van der Waals surface area contributed by atoms with Crippen LogP contribution in [0.15, 0.2) is 0 Å². The highest BCUT2D eigenvalue weighted by atomic mass is 15.1. The van der Waals surface area contributed by atoms with Crippen molar-refractivity contribution in [3.05, 3.63) is 0 Å². The Balaban J connectivity index is -0.000000208. The molecule has 0 aromatic rings. The van der Waals surface area contributed by atoms with Crippen molar-refractivity contribution in [2.45, 2.75) is 74.7 Å². The summed E-state index contributed by atoms with van der Waals surface area (Å²) in [5.74, 6) is 1.90. The Labute approximate surface area is 112 Å². The van der Waals surface area contributed by atoms with Gasteiger partial charge in [0, 0.05) is 13.1 Å². The maximum atomic E-state index is 2.43. The van der Waals surface area contributed by atoms with Crippen molar-refractivity contribution in [3.8, 4) is 0 Å². The first-order valence-corrected chi connectivity index (χ1v) is 7.84. The molecule has 108 valence electrons. The van der Waals surface area contributed by atoms with E-state index in [2.05, 4.69) is 39.6 Å². The van der Waals surface area contributed by atoms with Crippen LogP contribution < -0.4 is 0 Å². The van der Waals surface area contributed by atoms with Gasteiger partial charge in [-0.2, -0.15) is 0 Å². The molecule has 0 aromatic carbocycles. The molecule has 0 aromatic heterocycles. The lowest BCUT2D eigenvalue weighted by molar-refractivity contribution is 0.392. The number of unbranched alkanes of at least 4 members (excludes halogenated alkanes) is 1. The van der Waals surface area contributed by atoms with Gasteiger partial charge in [-0.25, -0.2) is 0 Å². The fraction of sp³-hybridized carbons (Fsp3) is 1.00. The summed E-state index contributed by atoms with van der Waals surface area (Å²) in [6, 6.07) is 0. The Bertz CT molecular complexity index is 110. The molecule has 0 saturated carbocycles. The normalized spacial score (nSPS) is 22.4. The largest absolute Gasteiger partial charge is 0.306 e. The highest BCUT2D eigenvalue weighted by molar-refractivity contribution is 4.77. The first-order chi connectivity index (χ1) is 8.15. The van der Waals surface area contributed by atoms with Crippen LogP contribution in [-0.2, 0) is 0 Å². The van der Waals surface area contributed by atoms with Crippen LogP contribution in [0.25, 0.3) is 0 Å². The first kappa shape index (κ1) is 22.2. The van der Waals surface area contributed by atoms with Crippen molar-refractivity contribution < 1.29 is 0 Å². The van der Waals surface area contributed by atoms with Crippen molar-refractivity contribution in [1.29, 1.82) is 0 Å². The van der Waals surface area contributed by atoms with Gasteiger partial charge in [0.15, 0.2) is 0 Å². The van der Waals surface area contributed by atoms with E-state index in [9.17, 15) is 0 Å². The summed E-state index contributed by atoms with van der Waals surface area (Å²) >= 11 is 0. The van der Waals surface area contributed by atoms with E-state index in [-0.39, 0.29) is 0 Å². The van der Waals surface area contributed by atoms with E-state index in [1.54, 1.807) is 0 Å². The van der Waals surface area contributed by atoms with E-state index < -0.39 is 0 Å². The molecule has 0 radical (unpaired) electrons. The summed E-state index contributed by atoms with van der Waals surface area (Å²) in [5, 5.41) is 0. The van der Waals surface area contributed by atoms with E-state index >= 15 is 0 Å². The predicted octanol–water partition coefficient (Wildman–Crippen LogP) is 5.45. The highest BCUT2D eigenvalue weighted by Gasteiger charge is 2.24. The molecule has 1 heterocycles. The predicted molar refractivity (Wildman–Crippen MR) is 83.7 cm³/mol. The molecule has 0 spiro atoms. The molecule has 2 unspecified atom stereocenters. The second-order valence-corrected chi connectivity index (χ2v) is 4.37. The topological polar surface area (TPSA) is 3.24 Å². The lowest BCUT2D eigenvalue weighted by Gasteiger charge is -2.09. The summed E-state index contributed by atoms with van der Waals surface area (Å²) in [4.78, 5) is 2.43. The fourth-order valence-corrected chi connectivity index (χ4v) is 1.83. The maximum absolute atomic E-state index is 2.43. The molecule has 1 heteroatoms. The molecule has 1 nitrogen and oxygen atoms in total. The van der Waals surface area contributed by atoms with Gasteiger partial charge < -0.3 is 4.90 Å². The lowest BCUT2D eigenvalue weighted by atomic mass is 9.96. The minimum atomic E-state index is 0.931. The van der Waals surface area contributed by atoms with Crippen LogP contribution in [0.4, 0.5) is 0 Å². The third kappa shape index (κ3) is 13.9. The summed E-state index contributed by atoms with van der Waals surface area (Å²) < 4.78 is 0. The van der Waals surface area contributed by atoms with E-state index in [1.807, 2.05) is 27.7 Å². The summed E-state index contributed by atoms with van der Waals surface area (Å²) in [6.45, 7) is 19.6. The van der Waals surface area contributed by atoms with Gasteiger partial charge in [0.1, 0.15) is 0 Å². The maximum Gasteiger partial charge on any atom is 0.000965 e. The number of rotatable bonds is 2. The van der Waals surface area contributed by atoms with Crippen molar-refractivity contribution in [2.75, 3.05) is 20.1 Å². The molecule has 1 rings (SSSR count). The average Bonchev–Trinajstić information content (AvgIpc) is 2.73. The minimum Gasteiger partial charge on any atom is -0.306 e. The van der Waals surface area contributed by atoms with Crippen molar-refractivity contribution >= 4 is 0 Å². The molecule has 17 heavy (non-hydrogen) atoms. The van der Waals surface area contributed by atoms with Crippen LogP contribution in [0.3, 0.4) is 0 Å². The van der Waals surface area contributed by atoms with Gasteiger partial charge in [-0.3, -0.25) is 0 Å². The zero-order chi connectivity index (χ0) is 14.3. The third-order valence-corrected chi connectivity index (χ3v) is 2.97. The Kier molecular flexibility index (Phi) is 23.9. The fourth-order valence-electron chi connectivity index (χ4n) is 1.83. The summed E-state index contributed by atoms with van der Waals surface area (Å²) in [6.07, 6.45) is 3.99. The molecule has 0 bridgehead atoms. The number of nitrogens with zero attached hydrogens (tertiary/aromatic N) is 1. The van der Waals surface area contributed by atoms with Crippen LogP contribution in [0, 0.1) is 11.8 Å². The molecule has 0 aliphatic carbocycles. The Morgan fingerprint density at radius 1 is 0.882 bits per heavy atom. The van der Waals surface area contributed by atoms with Crippen LogP contribution >= 0.6 is 0 Å². The Morgan fingerprint density at radius 2 is 1.29 bits per heavy atom. The molecule has 0 amide bonds. The summed E-state index contributed by atoms with van der Waals surface area (Å²) in [5.41, 5.74) is 0. The van der Waals surface area contributed by atoms with Gasteiger partial charge >= 0.3 is 0 Å². The van der Waals surface area contributed by atoms with Crippen LogP contribution in [0.1, 0.15) is 74.7 Å². The zero-order valence-corrected chi connectivity index (χ0v) is 14.1. The molecule has 2 atom stereocenters. The van der Waals surface area contributed by atoms with E-state index in [0.717, 1.165) is 11.8 Å². The molecule has 0 N–H and O–H groups in total. The first-order valence-electron chi connectivity index (χ1n) is 7.84. The standard InChI is InChI=1S/C8H17N.C4H10.2C2H6/c1-4-8-6-9(3)5-7(8)2;1-3-4-2;2*1-2/h7-8H,4-6H2,1-3H3;3-4H2,1-2H3;2*1-2H3. The Morgan fingerprint density at radius 3 is 1.41 bits per heavy atom. The van der Waals surface area contributed by atoms with Gasteiger partial charge in [0.2, 0.25) is 0 Å². The lowest BCUT2D eigenvalue weighted by Crippen LogP contribution is -2.13. The van der Waals surface area contributed by atoms with Crippen molar-refractivity contribution in [3.63, 3.8) is 0 Å². The van der Waals surface area contributed by atoms with Crippen molar-refractivity contribution in [2.24, 2.45) is 11.8 Å². The number of hydrogen-bond donors (Lipinski definition) is 0. The SMILES string of the molecule is CC.CC.CCC1CN(C)CC1C.CCCC. The minimum absolute atomic E-state index is 0.931. The van der Waals surface area contributed by atoms with Gasteiger partial charge in [0.05, 0.1) is 0 Å². The second kappa shape index (κ2) is 18.3. The van der Waals surface area contributed by atoms with Crippen LogP contribution in [0.2, 0.25) is 0 Å². The van der Waals surface area contributed by atoms with E-state index in [0.29, 0.717) is 0 Å². The summed E-state index contributed by atoms with van der Waals surface area (Å²) in [7, 11) is 2.21. The molecule has 1 aliphatic rings. The smallest absolute Gasteiger partial charge is 0.000965 e. The Hall–Kier alpha value is -0.0400. The van der Waals surface area contributed by atoms with Crippen molar-refractivity contribution in [1.82, 2.24) is 4.90 Å². The molecule has 1 saturated heterocycles. The van der Waals surface area contributed by atoms with Crippen LogP contribution in [-0.4, -0.2) is 25.0 Å². The van der Waals surface area contributed by atoms with Gasteiger partial charge in [-0.1, -0.05) is 74.7 Å². The van der Waals surface area contributed by atoms with E-state index in [4.69, 9.17) is 0 Å². The average molecular weight is 245 g/mol. The highest BCUT2D eigenvalue weighted by Crippen LogP contribution is 2.23. The molecular weight excluding hydrogens is 206 g/mol. The zero-order valence-electron chi connectivity index (χ0n) is 14.1.